The minimum atomic E-state index is -0.195. The Bertz CT molecular complexity index is 510. The van der Waals surface area contributed by atoms with Crippen LogP contribution in [0.15, 0.2) is 35.7 Å². The van der Waals surface area contributed by atoms with Gasteiger partial charge in [0.1, 0.15) is 0 Å². The molecule has 0 radical (unpaired) electrons. The van der Waals surface area contributed by atoms with E-state index in [1.165, 1.54) is 6.92 Å². The maximum absolute atomic E-state index is 11.0. The van der Waals surface area contributed by atoms with Crippen LogP contribution in [0.4, 0.5) is 0 Å². The molecule has 2 rings (SSSR count). The van der Waals surface area contributed by atoms with Crippen LogP contribution in [0.3, 0.4) is 0 Å². The summed E-state index contributed by atoms with van der Waals surface area (Å²) in [4.78, 5) is 0. The molecule has 0 N–H and O–H groups in total. The standard InChI is InChI=1S/C11H13N3O/c1-3-13-8-14(12-9(2)15)11-7-5-4-6-10(11)13/h4-8H,3H2,1-2H3. The largest absolute Gasteiger partial charge is 0.859 e. The van der Waals surface area contributed by atoms with Gasteiger partial charge < -0.3 is 5.11 Å². The van der Waals surface area contributed by atoms with Gasteiger partial charge in [0, 0.05) is 5.90 Å². The van der Waals surface area contributed by atoms with E-state index in [1.54, 1.807) is 4.68 Å². The van der Waals surface area contributed by atoms with E-state index in [-0.39, 0.29) is 5.90 Å². The molecule has 0 aliphatic rings. The van der Waals surface area contributed by atoms with E-state index in [1.807, 2.05) is 30.6 Å². The van der Waals surface area contributed by atoms with Crippen molar-refractivity contribution in [2.24, 2.45) is 5.10 Å². The van der Waals surface area contributed by atoms with E-state index in [0.29, 0.717) is 0 Å². The molecule has 2 aromatic rings. The maximum Gasteiger partial charge on any atom is 0.270 e. The van der Waals surface area contributed by atoms with Crippen LogP contribution in [-0.2, 0) is 6.54 Å². The zero-order chi connectivity index (χ0) is 10.8. The summed E-state index contributed by atoms with van der Waals surface area (Å²) in [6.45, 7) is 4.37. The van der Waals surface area contributed by atoms with Crippen molar-refractivity contribution in [3.05, 3.63) is 30.6 Å². The van der Waals surface area contributed by atoms with E-state index in [4.69, 9.17) is 0 Å². The lowest BCUT2D eigenvalue weighted by atomic mass is 10.3. The third-order valence-electron chi connectivity index (χ3n) is 2.28. The highest BCUT2D eigenvalue weighted by Gasteiger charge is 2.12. The first-order valence-corrected chi connectivity index (χ1v) is 4.94. The number of aryl methyl sites for hydroxylation is 1. The second kappa shape index (κ2) is 3.73. The molecule has 78 valence electrons. The quantitative estimate of drug-likeness (QED) is 0.398. The number of imidazole rings is 1. The number of nitrogens with zero attached hydrogens (tertiary/aromatic N) is 3. The number of hydrogen-bond acceptors (Lipinski definition) is 2. The first-order chi connectivity index (χ1) is 7.22. The Morgan fingerprint density at radius 2 is 2.20 bits per heavy atom. The molecule has 0 bridgehead atoms. The molecule has 4 heteroatoms. The van der Waals surface area contributed by atoms with Gasteiger partial charge in [-0.2, -0.15) is 0 Å². The Balaban J connectivity index is 2.70. The van der Waals surface area contributed by atoms with Crippen LogP contribution < -0.4 is 9.67 Å². The lowest BCUT2D eigenvalue weighted by molar-refractivity contribution is -0.668. The van der Waals surface area contributed by atoms with Crippen molar-refractivity contribution in [2.45, 2.75) is 20.4 Å². The molecule has 0 atom stereocenters. The Morgan fingerprint density at radius 3 is 2.87 bits per heavy atom. The van der Waals surface area contributed by atoms with Gasteiger partial charge in [-0.3, -0.25) is 0 Å². The third kappa shape index (κ3) is 1.70. The minimum Gasteiger partial charge on any atom is -0.859 e. The first kappa shape index (κ1) is 9.71. The molecule has 0 aliphatic carbocycles. The predicted molar refractivity (Wildman–Crippen MR) is 56.3 cm³/mol. The lowest BCUT2D eigenvalue weighted by Gasteiger charge is -1.96. The second-order valence-electron chi connectivity index (χ2n) is 3.35. The van der Waals surface area contributed by atoms with Gasteiger partial charge in [-0.05, 0) is 26.0 Å². The molecule has 1 aromatic carbocycles. The highest BCUT2D eigenvalue weighted by atomic mass is 16.3. The number of fused-ring (bicyclic) bond motifs is 1. The van der Waals surface area contributed by atoms with Gasteiger partial charge >= 0.3 is 0 Å². The van der Waals surface area contributed by atoms with E-state index in [2.05, 4.69) is 16.6 Å². The summed E-state index contributed by atoms with van der Waals surface area (Å²) in [6, 6.07) is 7.89. The van der Waals surface area contributed by atoms with Gasteiger partial charge in [0.05, 0.1) is 6.54 Å². The van der Waals surface area contributed by atoms with Crippen LogP contribution in [0.1, 0.15) is 13.8 Å². The van der Waals surface area contributed by atoms with Crippen molar-refractivity contribution in [1.82, 2.24) is 4.68 Å². The molecule has 0 unspecified atom stereocenters. The fourth-order valence-corrected chi connectivity index (χ4v) is 1.64. The summed E-state index contributed by atoms with van der Waals surface area (Å²) in [7, 11) is 0. The van der Waals surface area contributed by atoms with Gasteiger partial charge in [0.15, 0.2) is 5.52 Å². The Labute approximate surface area is 88.1 Å². The molecule has 0 amide bonds. The highest BCUT2D eigenvalue weighted by Crippen LogP contribution is 2.10. The van der Waals surface area contributed by atoms with E-state index >= 15 is 0 Å². The lowest BCUT2D eigenvalue weighted by Crippen LogP contribution is -2.30. The minimum absolute atomic E-state index is 0.195. The van der Waals surface area contributed by atoms with Gasteiger partial charge in [0.2, 0.25) is 5.52 Å². The Kier molecular flexibility index (Phi) is 2.41. The van der Waals surface area contributed by atoms with Crippen LogP contribution >= 0.6 is 0 Å². The van der Waals surface area contributed by atoms with Gasteiger partial charge in [-0.1, -0.05) is 17.2 Å². The number of para-hydroxylation sites is 2. The molecular formula is C11H13N3O. The van der Waals surface area contributed by atoms with Crippen molar-refractivity contribution in [3.63, 3.8) is 0 Å². The van der Waals surface area contributed by atoms with Crippen molar-refractivity contribution in [2.75, 3.05) is 0 Å². The Hall–Kier alpha value is -1.84. The monoisotopic (exact) mass is 203 g/mol. The first-order valence-electron chi connectivity index (χ1n) is 4.94. The maximum atomic E-state index is 11.0. The normalized spacial score (nSPS) is 12.3. The molecule has 4 nitrogen and oxygen atoms in total. The van der Waals surface area contributed by atoms with Crippen LogP contribution in [0, 0.1) is 0 Å². The SMILES string of the molecule is CC[n+]1cn(/N=C(\C)[O-])c2ccccc21. The summed E-state index contributed by atoms with van der Waals surface area (Å²) in [5, 5.41) is 14.9. The molecule has 1 heterocycles. The van der Waals surface area contributed by atoms with Gasteiger partial charge in [-0.15, -0.1) is 4.68 Å². The molecule has 1 aromatic heterocycles. The summed E-state index contributed by atoms with van der Waals surface area (Å²) < 4.78 is 3.68. The van der Waals surface area contributed by atoms with Gasteiger partial charge in [0.25, 0.3) is 6.33 Å². The van der Waals surface area contributed by atoms with Crippen molar-refractivity contribution < 1.29 is 9.67 Å². The molecule has 0 aliphatic heterocycles. The molecule has 0 saturated heterocycles. The molecule has 0 spiro atoms. The summed E-state index contributed by atoms with van der Waals surface area (Å²) in [5.74, 6) is -0.195. The summed E-state index contributed by atoms with van der Waals surface area (Å²) >= 11 is 0. The van der Waals surface area contributed by atoms with Crippen LogP contribution in [0.25, 0.3) is 11.0 Å². The topological polar surface area (TPSA) is 44.2 Å². The predicted octanol–water partition coefficient (Wildman–Crippen LogP) is 0.490. The third-order valence-corrected chi connectivity index (χ3v) is 2.28. The fraction of sp³-hybridized carbons (Fsp3) is 0.273. The molecule has 0 saturated carbocycles. The van der Waals surface area contributed by atoms with Crippen LogP contribution in [0.5, 0.6) is 0 Å². The zero-order valence-corrected chi connectivity index (χ0v) is 8.84. The van der Waals surface area contributed by atoms with E-state index in [9.17, 15) is 5.11 Å². The number of aromatic nitrogens is 2. The van der Waals surface area contributed by atoms with Crippen molar-refractivity contribution in [1.29, 1.82) is 0 Å². The smallest absolute Gasteiger partial charge is 0.270 e. The second-order valence-corrected chi connectivity index (χ2v) is 3.35. The number of hydrogen-bond donors (Lipinski definition) is 0. The molecular weight excluding hydrogens is 190 g/mol. The molecule has 15 heavy (non-hydrogen) atoms. The highest BCUT2D eigenvalue weighted by molar-refractivity contribution is 5.73. The number of benzene rings is 1. The van der Waals surface area contributed by atoms with Crippen LogP contribution in [-0.4, -0.2) is 10.6 Å². The Morgan fingerprint density at radius 1 is 1.47 bits per heavy atom. The average Bonchev–Trinajstić information content (AvgIpc) is 2.56. The van der Waals surface area contributed by atoms with E-state index in [0.717, 1.165) is 17.6 Å². The van der Waals surface area contributed by atoms with Gasteiger partial charge in [-0.25, -0.2) is 4.57 Å². The molecule has 0 fully saturated rings. The number of rotatable bonds is 2. The summed E-state index contributed by atoms with van der Waals surface area (Å²) in [5.41, 5.74) is 2.04. The fourth-order valence-electron chi connectivity index (χ4n) is 1.64. The zero-order valence-electron chi connectivity index (χ0n) is 8.84. The van der Waals surface area contributed by atoms with Crippen molar-refractivity contribution in [3.8, 4) is 0 Å². The average molecular weight is 203 g/mol. The van der Waals surface area contributed by atoms with Crippen LogP contribution in [0.2, 0.25) is 0 Å². The van der Waals surface area contributed by atoms with E-state index < -0.39 is 0 Å². The van der Waals surface area contributed by atoms with Crippen molar-refractivity contribution >= 4 is 16.9 Å². The summed E-state index contributed by atoms with van der Waals surface area (Å²) in [6.07, 6.45) is 1.84.